The summed E-state index contributed by atoms with van der Waals surface area (Å²) in [5, 5.41) is 9.23. The first-order valence-electron chi connectivity index (χ1n) is 6.13. The lowest BCUT2D eigenvalue weighted by atomic mass is 9.92. The Morgan fingerprint density at radius 1 is 1.33 bits per heavy atom. The van der Waals surface area contributed by atoms with E-state index in [9.17, 15) is 9.90 Å². The highest BCUT2D eigenvalue weighted by Crippen LogP contribution is 2.35. The maximum absolute atomic E-state index is 11.2. The number of benzene rings is 1. The lowest BCUT2D eigenvalue weighted by Crippen LogP contribution is -2.17. The molecule has 0 saturated heterocycles. The van der Waals surface area contributed by atoms with Crippen LogP contribution in [0.4, 0.5) is 0 Å². The van der Waals surface area contributed by atoms with Crippen LogP contribution in [0.15, 0.2) is 36.7 Å². The van der Waals surface area contributed by atoms with Gasteiger partial charge < -0.3 is 9.67 Å². The number of carboxylic acid groups (broad SMARTS) is 1. The largest absolute Gasteiger partial charge is 0.478 e. The molecule has 0 spiro atoms. The zero-order chi connectivity index (χ0) is 12.5. The topological polar surface area (TPSA) is 55.1 Å². The monoisotopic (exact) mass is 242 g/mol. The Morgan fingerprint density at radius 2 is 2.11 bits per heavy atom. The average molecular weight is 242 g/mol. The third-order valence-corrected chi connectivity index (χ3v) is 3.54. The highest BCUT2D eigenvalue weighted by atomic mass is 16.4. The fourth-order valence-electron chi connectivity index (χ4n) is 2.35. The summed E-state index contributed by atoms with van der Waals surface area (Å²) in [5.74, 6) is -0.147. The van der Waals surface area contributed by atoms with Gasteiger partial charge in [-0.2, -0.15) is 0 Å². The van der Waals surface area contributed by atoms with E-state index in [4.69, 9.17) is 0 Å². The quantitative estimate of drug-likeness (QED) is 0.900. The van der Waals surface area contributed by atoms with Crippen molar-refractivity contribution in [3.63, 3.8) is 0 Å². The normalized spacial score (nSPS) is 15.3. The summed E-state index contributed by atoms with van der Waals surface area (Å²) < 4.78 is 2.10. The Morgan fingerprint density at radius 3 is 2.78 bits per heavy atom. The van der Waals surface area contributed by atoms with Crippen molar-refractivity contribution >= 4 is 5.97 Å². The highest BCUT2D eigenvalue weighted by molar-refractivity contribution is 5.95. The van der Waals surface area contributed by atoms with E-state index in [1.807, 2.05) is 18.3 Å². The molecule has 3 rings (SSSR count). The molecular weight excluding hydrogens is 228 g/mol. The van der Waals surface area contributed by atoms with Crippen molar-refractivity contribution in [2.45, 2.75) is 25.3 Å². The second-order valence-corrected chi connectivity index (χ2v) is 4.59. The Balaban J connectivity index is 2.09. The van der Waals surface area contributed by atoms with Crippen LogP contribution in [0.3, 0.4) is 0 Å². The number of carbonyl (C=O) groups is 1. The molecule has 0 aliphatic heterocycles. The number of hydrogen-bond acceptors (Lipinski definition) is 2. The van der Waals surface area contributed by atoms with Gasteiger partial charge in [0.15, 0.2) is 0 Å². The summed E-state index contributed by atoms with van der Waals surface area (Å²) in [6, 6.07) is 7.51. The predicted octanol–water partition coefficient (Wildman–Crippen LogP) is 2.97. The minimum Gasteiger partial charge on any atom is -0.478 e. The van der Waals surface area contributed by atoms with Gasteiger partial charge in [-0.25, -0.2) is 9.78 Å². The van der Waals surface area contributed by atoms with E-state index < -0.39 is 5.97 Å². The summed E-state index contributed by atoms with van der Waals surface area (Å²) in [4.78, 5) is 15.6. The molecule has 0 radical (unpaired) electrons. The van der Waals surface area contributed by atoms with Gasteiger partial charge in [-0.1, -0.05) is 18.2 Å². The third kappa shape index (κ3) is 1.70. The zero-order valence-electron chi connectivity index (χ0n) is 9.91. The maximum Gasteiger partial charge on any atom is 0.336 e. The first kappa shape index (κ1) is 11.0. The van der Waals surface area contributed by atoms with Gasteiger partial charge in [0.2, 0.25) is 0 Å². The lowest BCUT2D eigenvalue weighted by Gasteiger charge is -2.28. The molecule has 1 N–H and O–H groups in total. The molecule has 1 fully saturated rings. The first-order chi connectivity index (χ1) is 8.77. The van der Waals surface area contributed by atoms with E-state index in [2.05, 4.69) is 9.55 Å². The fourth-order valence-corrected chi connectivity index (χ4v) is 2.35. The van der Waals surface area contributed by atoms with Gasteiger partial charge >= 0.3 is 5.97 Å². The molecule has 0 atom stereocenters. The predicted molar refractivity (Wildman–Crippen MR) is 67.5 cm³/mol. The molecule has 1 aromatic carbocycles. The van der Waals surface area contributed by atoms with Gasteiger partial charge in [-0.3, -0.25) is 0 Å². The van der Waals surface area contributed by atoms with Crippen molar-refractivity contribution in [2.75, 3.05) is 0 Å². The second kappa shape index (κ2) is 4.29. The van der Waals surface area contributed by atoms with Crippen molar-refractivity contribution in [3.8, 4) is 11.4 Å². The number of rotatable bonds is 3. The minimum atomic E-state index is -0.909. The van der Waals surface area contributed by atoms with Crippen LogP contribution in [0.25, 0.3) is 11.4 Å². The smallest absolute Gasteiger partial charge is 0.336 e. The van der Waals surface area contributed by atoms with Gasteiger partial charge in [0.1, 0.15) is 5.82 Å². The molecule has 1 aliphatic carbocycles. The third-order valence-electron chi connectivity index (χ3n) is 3.54. The molecule has 92 valence electrons. The molecule has 1 saturated carbocycles. The molecule has 18 heavy (non-hydrogen) atoms. The number of aromatic carboxylic acids is 1. The highest BCUT2D eigenvalue weighted by Gasteiger charge is 2.23. The molecule has 4 nitrogen and oxygen atoms in total. The summed E-state index contributed by atoms with van der Waals surface area (Å²) in [6.07, 6.45) is 7.23. The van der Waals surface area contributed by atoms with Crippen molar-refractivity contribution in [3.05, 3.63) is 42.2 Å². The molecule has 1 aliphatic rings. The Labute approximate surface area is 105 Å². The fraction of sp³-hybridized carbons (Fsp3) is 0.286. The summed E-state index contributed by atoms with van der Waals surface area (Å²) in [5.41, 5.74) is 1.01. The van der Waals surface area contributed by atoms with Crippen LogP contribution in [-0.2, 0) is 0 Å². The van der Waals surface area contributed by atoms with Gasteiger partial charge in [0.05, 0.1) is 5.56 Å². The van der Waals surface area contributed by atoms with Crippen LogP contribution in [-0.4, -0.2) is 20.6 Å². The SMILES string of the molecule is O=C(O)c1ccccc1-c1nccn1C1CCC1. The molecular formula is C14H14N2O2. The standard InChI is InChI=1S/C14H14N2O2/c17-14(18)12-7-2-1-6-11(12)13-15-8-9-16(13)10-4-3-5-10/h1-2,6-10H,3-5H2,(H,17,18). The van der Waals surface area contributed by atoms with E-state index >= 15 is 0 Å². The average Bonchev–Trinajstić information content (AvgIpc) is 2.75. The molecule has 1 heterocycles. The van der Waals surface area contributed by atoms with E-state index in [1.165, 1.54) is 6.42 Å². The summed E-state index contributed by atoms with van der Waals surface area (Å²) in [6.45, 7) is 0. The first-order valence-corrected chi connectivity index (χ1v) is 6.13. The summed E-state index contributed by atoms with van der Waals surface area (Å²) >= 11 is 0. The van der Waals surface area contributed by atoms with Gasteiger partial charge in [-0.15, -0.1) is 0 Å². The van der Waals surface area contributed by atoms with Crippen LogP contribution in [0.1, 0.15) is 35.7 Å². The van der Waals surface area contributed by atoms with E-state index in [-0.39, 0.29) is 0 Å². The minimum absolute atomic E-state index is 0.310. The lowest BCUT2D eigenvalue weighted by molar-refractivity contribution is 0.0697. The van der Waals surface area contributed by atoms with Gasteiger partial charge in [0, 0.05) is 24.0 Å². The van der Waals surface area contributed by atoms with Crippen LogP contribution in [0, 0.1) is 0 Å². The second-order valence-electron chi connectivity index (χ2n) is 4.59. The van der Waals surface area contributed by atoms with Gasteiger partial charge in [-0.05, 0) is 25.3 Å². The molecule has 4 heteroatoms. The maximum atomic E-state index is 11.2. The molecule has 2 aromatic rings. The van der Waals surface area contributed by atoms with Crippen molar-refractivity contribution < 1.29 is 9.90 Å². The van der Waals surface area contributed by atoms with Crippen LogP contribution >= 0.6 is 0 Å². The summed E-state index contributed by atoms with van der Waals surface area (Å²) in [7, 11) is 0. The number of hydrogen-bond donors (Lipinski definition) is 1. The Bertz CT molecular complexity index is 585. The van der Waals surface area contributed by atoms with Crippen LogP contribution in [0.5, 0.6) is 0 Å². The van der Waals surface area contributed by atoms with E-state index in [0.717, 1.165) is 18.7 Å². The zero-order valence-corrected chi connectivity index (χ0v) is 9.91. The molecule has 0 unspecified atom stereocenters. The van der Waals surface area contributed by atoms with E-state index in [0.29, 0.717) is 17.2 Å². The number of carboxylic acids is 1. The van der Waals surface area contributed by atoms with E-state index in [1.54, 1.807) is 18.3 Å². The van der Waals surface area contributed by atoms with Crippen molar-refractivity contribution in [1.82, 2.24) is 9.55 Å². The van der Waals surface area contributed by atoms with Crippen molar-refractivity contribution in [2.24, 2.45) is 0 Å². The number of nitrogens with zero attached hydrogens (tertiary/aromatic N) is 2. The Hall–Kier alpha value is -2.10. The van der Waals surface area contributed by atoms with Crippen LogP contribution < -0.4 is 0 Å². The Kier molecular flexibility index (Phi) is 2.63. The number of imidazole rings is 1. The molecule has 0 bridgehead atoms. The van der Waals surface area contributed by atoms with Crippen LogP contribution in [0.2, 0.25) is 0 Å². The van der Waals surface area contributed by atoms with Gasteiger partial charge in [0.25, 0.3) is 0 Å². The number of aromatic nitrogens is 2. The molecule has 0 amide bonds. The van der Waals surface area contributed by atoms with Crippen molar-refractivity contribution in [1.29, 1.82) is 0 Å². The molecule has 1 aromatic heterocycles.